The monoisotopic (exact) mass is 378 g/mol. The number of rotatable bonds is 8. The number of hydrogen-bond donors (Lipinski definition) is 1. The average Bonchev–Trinajstić information content (AvgIpc) is 2.55. The smallest absolute Gasteiger partial charge is 0.224 e. The lowest BCUT2D eigenvalue weighted by Gasteiger charge is -2.06. The molecule has 0 radical (unpaired) electrons. The molecular formula is C18H23BrN2O2. The molecule has 23 heavy (non-hydrogen) atoms. The van der Waals surface area contributed by atoms with Gasteiger partial charge in [-0.1, -0.05) is 6.07 Å². The van der Waals surface area contributed by atoms with Crippen molar-refractivity contribution < 1.29 is 31.1 Å². The van der Waals surface area contributed by atoms with Crippen molar-refractivity contribution in [1.29, 1.82) is 0 Å². The molecule has 124 valence electrons. The summed E-state index contributed by atoms with van der Waals surface area (Å²) in [5.41, 5.74) is 0.811. The minimum absolute atomic E-state index is 0. The highest BCUT2D eigenvalue weighted by Gasteiger charge is 2.04. The Morgan fingerprint density at radius 1 is 1.09 bits per heavy atom. The van der Waals surface area contributed by atoms with Crippen molar-refractivity contribution >= 4 is 11.6 Å². The highest BCUT2D eigenvalue weighted by molar-refractivity contribution is 5.90. The fourth-order valence-electron chi connectivity index (χ4n) is 2.19. The van der Waals surface area contributed by atoms with Gasteiger partial charge in [0.1, 0.15) is 12.3 Å². The molecule has 1 aromatic heterocycles. The second kappa shape index (κ2) is 10.8. The number of hydrogen-bond acceptors (Lipinski definition) is 2. The van der Waals surface area contributed by atoms with Gasteiger partial charge in [0.25, 0.3) is 0 Å². The van der Waals surface area contributed by atoms with Gasteiger partial charge in [0.15, 0.2) is 12.4 Å². The van der Waals surface area contributed by atoms with Crippen LogP contribution in [0.15, 0.2) is 54.9 Å². The second-order valence-electron chi connectivity index (χ2n) is 5.08. The predicted octanol–water partition coefficient (Wildman–Crippen LogP) is 0.186. The summed E-state index contributed by atoms with van der Waals surface area (Å²) in [7, 11) is 0. The van der Waals surface area contributed by atoms with Gasteiger partial charge in [-0.25, -0.2) is 4.57 Å². The van der Waals surface area contributed by atoms with E-state index in [4.69, 9.17) is 4.74 Å². The number of amides is 1. The van der Waals surface area contributed by atoms with E-state index in [9.17, 15) is 4.79 Å². The number of halogens is 1. The third-order valence-corrected chi connectivity index (χ3v) is 3.30. The molecule has 2 rings (SSSR count). The number of aromatic nitrogens is 1. The fourth-order valence-corrected chi connectivity index (χ4v) is 2.19. The third-order valence-electron chi connectivity index (χ3n) is 3.30. The Morgan fingerprint density at radius 2 is 1.78 bits per heavy atom. The van der Waals surface area contributed by atoms with Crippen molar-refractivity contribution in [2.75, 3.05) is 11.9 Å². The molecule has 1 heterocycles. The standard InChI is InChI=1S/C18H22N2O2.BrH/c1-2-22-17-11-9-16(10-12-17)19-18(21)8-4-7-15-20-13-5-3-6-14-20;/h3,5-6,9-14H,2,4,7-8,15H2,1H3;1H. The summed E-state index contributed by atoms with van der Waals surface area (Å²) in [6, 6.07) is 13.5. The topological polar surface area (TPSA) is 42.2 Å². The SMILES string of the molecule is CCOc1ccc(NC(=O)CCCC[n+]2ccccc2)cc1.[Br-]. The summed E-state index contributed by atoms with van der Waals surface area (Å²) in [4.78, 5) is 11.9. The Kier molecular flexibility index (Phi) is 8.98. The van der Waals surface area contributed by atoms with Crippen molar-refractivity contribution in [2.45, 2.75) is 32.7 Å². The third kappa shape index (κ3) is 7.28. The van der Waals surface area contributed by atoms with Crippen LogP contribution >= 0.6 is 0 Å². The summed E-state index contributed by atoms with van der Waals surface area (Å²) in [5.74, 6) is 0.877. The van der Waals surface area contributed by atoms with Crippen molar-refractivity contribution in [3.8, 4) is 5.75 Å². The largest absolute Gasteiger partial charge is 1.00 e. The van der Waals surface area contributed by atoms with E-state index in [-0.39, 0.29) is 22.9 Å². The lowest BCUT2D eigenvalue weighted by Crippen LogP contribution is -3.00. The first-order valence-corrected chi connectivity index (χ1v) is 7.74. The Labute approximate surface area is 148 Å². The Morgan fingerprint density at radius 3 is 2.43 bits per heavy atom. The lowest BCUT2D eigenvalue weighted by atomic mass is 10.2. The first kappa shape index (κ1) is 19.2. The van der Waals surface area contributed by atoms with E-state index < -0.39 is 0 Å². The van der Waals surface area contributed by atoms with Crippen LogP contribution in [-0.2, 0) is 11.3 Å². The minimum atomic E-state index is 0. The Hall–Kier alpha value is -1.88. The molecule has 0 unspecified atom stereocenters. The van der Waals surface area contributed by atoms with Crippen molar-refractivity contribution in [1.82, 2.24) is 0 Å². The van der Waals surface area contributed by atoms with Crippen LogP contribution in [-0.4, -0.2) is 12.5 Å². The predicted molar refractivity (Wildman–Crippen MR) is 86.7 cm³/mol. The first-order valence-electron chi connectivity index (χ1n) is 7.74. The molecule has 0 fully saturated rings. The van der Waals surface area contributed by atoms with E-state index in [1.165, 1.54) is 0 Å². The van der Waals surface area contributed by atoms with Crippen LogP contribution in [0, 0.1) is 0 Å². The first-order chi connectivity index (χ1) is 10.8. The number of anilines is 1. The zero-order valence-corrected chi connectivity index (χ0v) is 15.0. The molecule has 0 atom stereocenters. The number of unbranched alkanes of at least 4 members (excludes halogenated alkanes) is 1. The van der Waals surface area contributed by atoms with Crippen molar-refractivity contribution in [2.24, 2.45) is 0 Å². The number of nitrogens with zero attached hydrogens (tertiary/aromatic N) is 1. The van der Waals surface area contributed by atoms with E-state index >= 15 is 0 Å². The van der Waals surface area contributed by atoms with Crippen LogP contribution in [0.25, 0.3) is 0 Å². The highest BCUT2D eigenvalue weighted by Crippen LogP contribution is 2.15. The number of ether oxygens (including phenoxy) is 1. The summed E-state index contributed by atoms with van der Waals surface area (Å²) in [6.07, 6.45) is 6.50. The Balaban J connectivity index is 0.00000264. The van der Waals surface area contributed by atoms with Crippen LogP contribution in [0.3, 0.4) is 0 Å². The molecule has 1 N–H and O–H groups in total. The van der Waals surface area contributed by atoms with Gasteiger partial charge in [-0.15, -0.1) is 0 Å². The maximum Gasteiger partial charge on any atom is 0.224 e. The van der Waals surface area contributed by atoms with Gasteiger partial charge in [0, 0.05) is 30.7 Å². The molecule has 5 heteroatoms. The zero-order chi connectivity index (χ0) is 15.6. The van der Waals surface area contributed by atoms with E-state index in [0.717, 1.165) is 30.8 Å². The van der Waals surface area contributed by atoms with E-state index in [1.807, 2.05) is 61.8 Å². The maximum absolute atomic E-state index is 11.9. The summed E-state index contributed by atoms with van der Waals surface area (Å²) in [6.45, 7) is 3.53. The molecule has 0 aliphatic heterocycles. The van der Waals surface area contributed by atoms with Crippen LogP contribution in [0.1, 0.15) is 26.2 Å². The average molecular weight is 379 g/mol. The van der Waals surface area contributed by atoms with Crippen LogP contribution < -0.4 is 31.6 Å². The summed E-state index contributed by atoms with van der Waals surface area (Å²) in [5, 5.41) is 2.91. The quantitative estimate of drug-likeness (QED) is 0.526. The van der Waals surface area contributed by atoms with Crippen molar-refractivity contribution in [3.63, 3.8) is 0 Å². The summed E-state index contributed by atoms with van der Waals surface area (Å²) < 4.78 is 7.50. The second-order valence-corrected chi connectivity index (χ2v) is 5.08. The molecule has 0 aliphatic rings. The number of pyridine rings is 1. The van der Waals surface area contributed by atoms with Gasteiger partial charge in [0.05, 0.1) is 6.61 Å². The molecule has 4 nitrogen and oxygen atoms in total. The van der Waals surface area contributed by atoms with E-state index in [2.05, 4.69) is 9.88 Å². The van der Waals surface area contributed by atoms with Gasteiger partial charge in [-0.3, -0.25) is 4.79 Å². The molecule has 0 spiro atoms. The lowest BCUT2D eigenvalue weighted by molar-refractivity contribution is -0.697. The van der Waals surface area contributed by atoms with Gasteiger partial charge in [-0.05, 0) is 37.6 Å². The van der Waals surface area contributed by atoms with Crippen LogP contribution in [0.5, 0.6) is 5.75 Å². The number of carbonyl (C=O) groups excluding carboxylic acids is 1. The van der Waals surface area contributed by atoms with Gasteiger partial charge < -0.3 is 27.0 Å². The fraction of sp³-hybridized carbons (Fsp3) is 0.333. The maximum atomic E-state index is 11.9. The number of nitrogens with one attached hydrogen (secondary N) is 1. The molecule has 0 saturated carbocycles. The van der Waals surface area contributed by atoms with Crippen LogP contribution in [0.4, 0.5) is 5.69 Å². The Bertz CT molecular complexity index is 573. The highest BCUT2D eigenvalue weighted by atomic mass is 79.9. The van der Waals surface area contributed by atoms with Crippen LogP contribution in [0.2, 0.25) is 0 Å². The number of benzene rings is 1. The molecule has 1 amide bonds. The molecule has 2 aromatic rings. The van der Waals surface area contributed by atoms with Crippen molar-refractivity contribution in [3.05, 3.63) is 54.9 Å². The van der Waals surface area contributed by atoms with Gasteiger partial charge in [-0.2, -0.15) is 0 Å². The van der Waals surface area contributed by atoms with E-state index in [0.29, 0.717) is 13.0 Å². The molecule has 0 bridgehead atoms. The molecular weight excluding hydrogens is 356 g/mol. The number of aryl methyl sites for hydroxylation is 1. The summed E-state index contributed by atoms with van der Waals surface area (Å²) >= 11 is 0. The molecule has 0 aliphatic carbocycles. The van der Waals surface area contributed by atoms with E-state index in [1.54, 1.807) is 0 Å². The normalized spacial score (nSPS) is 9.78. The van der Waals surface area contributed by atoms with Gasteiger partial charge in [0.2, 0.25) is 5.91 Å². The molecule has 1 aromatic carbocycles. The number of carbonyl (C=O) groups is 1. The van der Waals surface area contributed by atoms with Gasteiger partial charge >= 0.3 is 0 Å². The zero-order valence-electron chi connectivity index (χ0n) is 13.4. The minimum Gasteiger partial charge on any atom is -1.00 e. The molecule has 0 saturated heterocycles.